The number of halogens is 2. The van der Waals surface area contributed by atoms with E-state index in [1.54, 1.807) is 0 Å². The van der Waals surface area contributed by atoms with Gasteiger partial charge in [-0.1, -0.05) is 12.1 Å². The molecule has 1 atom stereocenters. The normalized spacial score (nSPS) is 17.3. The van der Waals surface area contributed by atoms with Gasteiger partial charge < -0.3 is 10.6 Å². The molecule has 118 valence electrons. The molecule has 1 aromatic carbocycles. The van der Waals surface area contributed by atoms with E-state index in [0.29, 0.717) is 12.5 Å². The maximum Gasteiger partial charge on any atom is 0.220 e. The average molecular weight is 423 g/mol. The third-order valence-corrected chi connectivity index (χ3v) is 4.46. The number of carbonyl (C=O) groups excluding carboxylic acids is 1. The van der Waals surface area contributed by atoms with Gasteiger partial charge >= 0.3 is 0 Å². The molecule has 0 aliphatic carbocycles. The Morgan fingerprint density at radius 2 is 2.05 bits per heavy atom. The predicted molar refractivity (Wildman–Crippen MR) is 98.0 cm³/mol. The number of amides is 1. The number of unbranched alkanes of at least 4 members (excludes halogenated alkanes) is 1. The minimum absolute atomic E-state index is 0. The number of hydrogen-bond donors (Lipinski definition) is 2. The molecule has 2 N–H and O–H groups in total. The van der Waals surface area contributed by atoms with Crippen LogP contribution in [0.15, 0.2) is 24.3 Å². The van der Waals surface area contributed by atoms with E-state index in [1.165, 1.54) is 22.0 Å². The first-order valence-electron chi connectivity index (χ1n) is 7.48. The number of nitrogens with one attached hydrogen (secondary N) is 2. The SMILES string of the molecule is Cl.O=C(CCCCc1ccc(I)cc1)NCC1CCCN1. The Morgan fingerprint density at radius 3 is 2.71 bits per heavy atom. The van der Waals surface area contributed by atoms with Gasteiger partial charge in [0.05, 0.1) is 0 Å². The Balaban J connectivity index is 0.00000220. The Morgan fingerprint density at radius 1 is 1.29 bits per heavy atom. The fourth-order valence-corrected chi connectivity index (χ4v) is 2.88. The summed E-state index contributed by atoms with van der Waals surface area (Å²) in [6.07, 6.45) is 6.18. The molecule has 0 saturated carbocycles. The predicted octanol–water partition coefficient (Wildman–Crippen LogP) is 3.29. The fraction of sp³-hybridized carbons (Fsp3) is 0.562. The molecular formula is C16H24ClIN2O. The molecule has 5 heteroatoms. The molecule has 3 nitrogen and oxygen atoms in total. The minimum Gasteiger partial charge on any atom is -0.355 e. The van der Waals surface area contributed by atoms with Crippen molar-refractivity contribution < 1.29 is 4.79 Å². The zero-order valence-corrected chi connectivity index (χ0v) is 15.2. The average Bonchev–Trinajstić information content (AvgIpc) is 2.96. The molecule has 1 aliphatic heterocycles. The van der Waals surface area contributed by atoms with Gasteiger partial charge in [0.2, 0.25) is 5.91 Å². The van der Waals surface area contributed by atoms with E-state index in [9.17, 15) is 4.79 Å². The van der Waals surface area contributed by atoms with Gasteiger partial charge in [0, 0.05) is 22.6 Å². The zero-order chi connectivity index (χ0) is 14.2. The third kappa shape index (κ3) is 7.47. The summed E-state index contributed by atoms with van der Waals surface area (Å²) in [7, 11) is 0. The van der Waals surface area contributed by atoms with Crippen LogP contribution in [0.3, 0.4) is 0 Å². The molecule has 1 amide bonds. The van der Waals surface area contributed by atoms with Gasteiger partial charge in [-0.3, -0.25) is 4.79 Å². The van der Waals surface area contributed by atoms with E-state index in [4.69, 9.17) is 0 Å². The second kappa shape index (κ2) is 10.4. The molecule has 1 fully saturated rings. The summed E-state index contributed by atoms with van der Waals surface area (Å²) in [6.45, 7) is 1.88. The van der Waals surface area contributed by atoms with E-state index < -0.39 is 0 Å². The summed E-state index contributed by atoms with van der Waals surface area (Å²) in [5.41, 5.74) is 1.36. The number of benzene rings is 1. The standard InChI is InChI=1S/C16H23IN2O.ClH/c17-14-9-7-13(8-10-14)4-1-2-6-16(20)19-12-15-5-3-11-18-15;/h7-10,15,18H,1-6,11-12H2,(H,19,20);1H. The first-order chi connectivity index (χ1) is 9.74. The molecule has 0 aromatic heterocycles. The number of aryl methyl sites for hydroxylation is 1. The van der Waals surface area contributed by atoms with Crippen LogP contribution >= 0.6 is 35.0 Å². The maximum absolute atomic E-state index is 11.7. The maximum atomic E-state index is 11.7. The molecule has 1 heterocycles. The number of hydrogen-bond acceptors (Lipinski definition) is 2. The third-order valence-electron chi connectivity index (χ3n) is 3.74. The lowest BCUT2D eigenvalue weighted by Crippen LogP contribution is -2.37. The zero-order valence-electron chi connectivity index (χ0n) is 12.2. The van der Waals surface area contributed by atoms with Gasteiger partial charge in [0.25, 0.3) is 0 Å². The summed E-state index contributed by atoms with van der Waals surface area (Å²) in [4.78, 5) is 11.7. The van der Waals surface area contributed by atoms with Crippen molar-refractivity contribution >= 4 is 40.9 Å². The Bertz CT molecular complexity index is 419. The van der Waals surface area contributed by atoms with Gasteiger partial charge in [-0.25, -0.2) is 0 Å². The van der Waals surface area contributed by atoms with Crippen LogP contribution in [-0.4, -0.2) is 25.0 Å². The Kier molecular flexibility index (Phi) is 9.27. The summed E-state index contributed by atoms with van der Waals surface area (Å²) in [6, 6.07) is 9.11. The number of carbonyl (C=O) groups is 1. The van der Waals surface area contributed by atoms with E-state index in [1.807, 2.05) is 0 Å². The van der Waals surface area contributed by atoms with Crippen LogP contribution in [0.25, 0.3) is 0 Å². The topological polar surface area (TPSA) is 41.1 Å². The lowest BCUT2D eigenvalue weighted by molar-refractivity contribution is -0.121. The van der Waals surface area contributed by atoms with Crippen molar-refractivity contribution in [3.63, 3.8) is 0 Å². The van der Waals surface area contributed by atoms with E-state index >= 15 is 0 Å². The molecule has 1 saturated heterocycles. The highest BCUT2D eigenvalue weighted by Gasteiger charge is 2.14. The van der Waals surface area contributed by atoms with Crippen molar-refractivity contribution in [3.8, 4) is 0 Å². The van der Waals surface area contributed by atoms with Crippen LogP contribution in [0.1, 0.15) is 37.7 Å². The van der Waals surface area contributed by atoms with Crippen molar-refractivity contribution in [1.29, 1.82) is 0 Å². The summed E-state index contributed by atoms with van der Waals surface area (Å²) >= 11 is 2.32. The molecule has 1 aromatic rings. The van der Waals surface area contributed by atoms with Crippen LogP contribution in [0, 0.1) is 3.57 Å². The largest absolute Gasteiger partial charge is 0.355 e. The van der Waals surface area contributed by atoms with Gasteiger partial charge in [0.1, 0.15) is 0 Å². The first kappa shape index (κ1) is 18.7. The quantitative estimate of drug-likeness (QED) is 0.523. The van der Waals surface area contributed by atoms with Crippen molar-refractivity contribution in [2.24, 2.45) is 0 Å². The number of rotatable bonds is 7. The minimum atomic E-state index is 0. The van der Waals surface area contributed by atoms with E-state index in [0.717, 1.165) is 32.4 Å². The lowest BCUT2D eigenvalue weighted by atomic mass is 10.1. The van der Waals surface area contributed by atoms with Gasteiger partial charge in [-0.2, -0.15) is 0 Å². The van der Waals surface area contributed by atoms with Crippen LogP contribution < -0.4 is 10.6 Å². The summed E-state index contributed by atoms with van der Waals surface area (Å²) in [5.74, 6) is 0.196. The molecule has 0 radical (unpaired) electrons. The highest BCUT2D eigenvalue weighted by atomic mass is 127. The van der Waals surface area contributed by atoms with Gasteiger partial charge in [0.15, 0.2) is 0 Å². The summed E-state index contributed by atoms with van der Waals surface area (Å²) in [5, 5.41) is 6.42. The lowest BCUT2D eigenvalue weighted by Gasteiger charge is -2.11. The second-order valence-corrected chi connectivity index (χ2v) is 6.68. The van der Waals surface area contributed by atoms with Crippen molar-refractivity contribution in [1.82, 2.24) is 10.6 Å². The molecular weight excluding hydrogens is 399 g/mol. The molecule has 2 rings (SSSR count). The molecule has 0 bridgehead atoms. The van der Waals surface area contributed by atoms with Crippen molar-refractivity contribution in [3.05, 3.63) is 33.4 Å². The molecule has 21 heavy (non-hydrogen) atoms. The van der Waals surface area contributed by atoms with Crippen LogP contribution in [0.2, 0.25) is 0 Å². The van der Waals surface area contributed by atoms with Crippen LogP contribution in [0.4, 0.5) is 0 Å². The van der Waals surface area contributed by atoms with Crippen LogP contribution in [-0.2, 0) is 11.2 Å². The van der Waals surface area contributed by atoms with Crippen molar-refractivity contribution in [2.75, 3.05) is 13.1 Å². The fourth-order valence-electron chi connectivity index (χ4n) is 2.52. The monoisotopic (exact) mass is 422 g/mol. The molecule has 0 spiro atoms. The van der Waals surface area contributed by atoms with Gasteiger partial charge in [-0.15, -0.1) is 12.4 Å². The van der Waals surface area contributed by atoms with Gasteiger partial charge in [-0.05, 0) is 78.9 Å². The smallest absolute Gasteiger partial charge is 0.220 e. The van der Waals surface area contributed by atoms with Crippen LogP contribution in [0.5, 0.6) is 0 Å². The highest BCUT2D eigenvalue weighted by molar-refractivity contribution is 14.1. The summed E-state index contributed by atoms with van der Waals surface area (Å²) < 4.78 is 1.27. The molecule has 1 unspecified atom stereocenters. The van der Waals surface area contributed by atoms with E-state index in [-0.39, 0.29) is 18.3 Å². The highest BCUT2D eigenvalue weighted by Crippen LogP contribution is 2.10. The van der Waals surface area contributed by atoms with Crippen molar-refractivity contribution in [2.45, 2.75) is 44.6 Å². The molecule has 1 aliphatic rings. The Hall–Kier alpha value is -0.330. The second-order valence-electron chi connectivity index (χ2n) is 5.43. The Labute approximate surface area is 147 Å². The van der Waals surface area contributed by atoms with E-state index in [2.05, 4.69) is 57.5 Å². The first-order valence-corrected chi connectivity index (χ1v) is 8.56.